The number of phenols is 1. The van der Waals surface area contributed by atoms with E-state index >= 15 is 0 Å². The summed E-state index contributed by atoms with van der Waals surface area (Å²) >= 11 is 0. The first-order chi connectivity index (χ1) is 34.5. The van der Waals surface area contributed by atoms with E-state index in [9.17, 15) is 68.4 Å². The van der Waals surface area contributed by atoms with Gasteiger partial charge < -0.3 is 85.1 Å². The number of carboxylic acid groups (broad SMARTS) is 2. The van der Waals surface area contributed by atoms with Crippen LogP contribution in [-0.4, -0.2) is 159 Å². The van der Waals surface area contributed by atoms with E-state index in [0.717, 1.165) is 0 Å². The van der Waals surface area contributed by atoms with Crippen molar-refractivity contribution in [1.29, 1.82) is 0 Å². The number of aromatic hydroxyl groups is 1. The molecule has 3 aromatic rings. The van der Waals surface area contributed by atoms with E-state index in [1.807, 2.05) is 0 Å². The van der Waals surface area contributed by atoms with E-state index in [1.165, 1.54) is 19.1 Å². The number of para-hydroxylation sites is 1. The average Bonchev–Trinajstić information content (AvgIpc) is 3.75. The maximum atomic E-state index is 14.0. The molecule has 1 aromatic heterocycles. The van der Waals surface area contributed by atoms with Crippen molar-refractivity contribution in [3.63, 3.8) is 0 Å². The van der Waals surface area contributed by atoms with E-state index in [1.54, 1.807) is 56.4 Å². The highest BCUT2D eigenvalue weighted by Gasteiger charge is 2.34. The van der Waals surface area contributed by atoms with Gasteiger partial charge in [0.05, 0.1) is 32.2 Å². The number of hydrogen-bond acceptors (Lipinski definition) is 14. The van der Waals surface area contributed by atoms with E-state index in [-0.39, 0.29) is 43.9 Å². The lowest BCUT2D eigenvalue weighted by atomic mass is 9.97. The van der Waals surface area contributed by atoms with Gasteiger partial charge in [0.2, 0.25) is 47.3 Å². The van der Waals surface area contributed by atoms with Crippen LogP contribution in [0.4, 0.5) is 0 Å². The Morgan fingerprint density at radius 3 is 1.90 bits per heavy atom. The molecular weight excluding hydrogens is 959 g/mol. The van der Waals surface area contributed by atoms with Crippen molar-refractivity contribution in [2.75, 3.05) is 26.2 Å². The monoisotopic (exact) mass is 1020 g/mol. The Labute approximate surface area is 418 Å². The lowest BCUT2D eigenvalue weighted by Crippen LogP contribution is -2.60. The van der Waals surface area contributed by atoms with Gasteiger partial charge in [-0.15, -0.1) is 0 Å². The summed E-state index contributed by atoms with van der Waals surface area (Å²) < 4.78 is 0. The number of fused-ring (bicyclic) bond motifs is 1. The Morgan fingerprint density at radius 2 is 1.29 bits per heavy atom. The van der Waals surface area contributed by atoms with Crippen LogP contribution in [0.25, 0.3) is 10.9 Å². The molecule has 0 spiro atoms. The molecule has 19 N–H and O–H groups in total. The first kappa shape index (κ1) is 59.0. The molecule has 0 aliphatic rings. The number of guanidine groups is 1. The summed E-state index contributed by atoms with van der Waals surface area (Å²) in [5.74, 6) is -11.2. The van der Waals surface area contributed by atoms with Crippen LogP contribution in [0, 0.1) is 5.92 Å². The first-order valence-electron chi connectivity index (χ1n) is 23.1. The predicted molar refractivity (Wildman–Crippen MR) is 261 cm³/mol. The van der Waals surface area contributed by atoms with Crippen LogP contribution in [-0.2, 0) is 60.8 Å². The van der Waals surface area contributed by atoms with E-state index < -0.39 is 134 Å². The number of amides is 8. The number of rotatable bonds is 30. The Morgan fingerprint density at radius 1 is 0.685 bits per heavy atom. The second kappa shape index (κ2) is 29.1. The number of aromatic amines is 1. The number of carboxylic acids is 2. The van der Waals surface area contributed by atoms with Gasteiger partial charge in [-0.25, -0.2) is 4.79 Å². The second-order valence-electron chi connectivity index (χ2n) is 17.0. The minimum absolute atomic E-state index is 0.0214. The van der Waals surface area contributed by atoms with Crippen molar-refractivity contribution in [3.05, 3.63) is 65.9 Å². The Bertz CT molecular complexity index is 2460. The van der Waals surface area contributed by atoms with Crippen LogP contribution in [0.3, 0.4) is 0 Å². The van der Waals surface area contributed by atoms with Crippen LogP contribution in [0.2, 0.25) is 0 Å². The number of H-pyrrole nitrogens is 1. The standard InChI is InChI=1S/C46H65N13O14/c1-4-23(2)38(59-36(63)21-52-40(67)29(47)16-25-11-13-27(61)14-12-25)44(71)57-33(18-37(64)65)43(70)56-32(17-26-19-51-30-9-6-5-8-28(26)30)42(69)54-24(3)39(66)58-34(22-60)41(68)53-20-35(62)55-31(45(72)73)10-7-15-50-46(48)49/h5-6,8-9,11-14,19,23-24,29,31-34,38,51,60-61H,4,7,10,15-18,20-22,47H2,1-3H3,(H,52,67)(H,53,68)(H,54,69)(H,55,62)(H,56,70)(H,57,71)(H,58,66)(H,59,63)(H,64,65)(H,72,73)(H4,48,49,50)/t23-,24-,29-,31-,32-,33-,34-,38-/m0/s1. The van der Waals surface area contributed by atoms with E-state index in [0.29, 0.717) is 28.5 Å². The molecule has 8 atom stereocenters. The topological polar surface area (TPSA) is 454 Å². The minimum Gasteiger partial charge on any atom is -0.508 e. The molecule has 0 saturated carbocycles. The molecular formula is C46H65N13O14. The van der Waals surface area contributed by atoms with Crippen molar-refractivity contribution in [1.82, 2.24) is 47.5 Å². The number of nitrogens with zero attached hydrogens (tertiary/aromatic N) is 1. The lowest BCUT2D eigenvalue weighted by molar-refractivity contribution is -0.142. The third-order valence-corrected chi connectivity index (χ3v) is 11.3. The third kappa shape index (κ3) is 19.8. The molecule has 0 radical (unpaired) electrons. The molecule has 8 amide bonds. The number of benzene rings is 2. The zero-order valence-electron chi connectivity index (χ0n) is 40.4. The molecule has 0 aliphatic carbocycles. The number of carbonyl (C=O) groups is 10. The molecule has 27 nitrogen and oxygen atoms in total. The van der Waals surface area contributed by atoms with Crippen molar-refractivity contribution in [2.24, 2.45) is 28.1 Å². The number of aliphatic hydroxyl groups excluding tert-OH is 1. The average molecular weight is 1020 g/mol. The maximum Gasteiger partial charge on any atom is 0.326 e. The SMILES string of the molecule is CC[C@H](C)[C@H](NC(=O)CNC(=O)[C@@H](N)Cc1ccc(O)cc1)C(=O)N[C@@H](CC(=O)O)C(=O)N[C@@H](Cc1c[nH]c2ccccc12)C(=O)N[C@@H](C)C(=O)N[C@@H](CO)C(=O)NCC(=O)N[C@@H](CCCN=C(N)N)C(=O)O. The van der Waals surface area contributed by atoms with Crippen molar-refractivity contribution >= 4 is 76.1 Å². The van der Waals surface area contributed by atoms with Gasteiger partial charge in [-0.2, -0.15) is 0 Å². The highest BCUT2D eigenvalue weighted by molar-refractivity contribution is 5.98. The summed E-state index contributed by atoms with van der Waals surface area (Å²) in [4.78, 5) is 137. The fourth-order valence-electron chi connectivity index (χ4n) is 7.02. The summed E-state index contributed by atoms with van der Waals surface area (Å²) in [7, 11) is 0. The molecule has 73 heavy (non-hydrogen) atoms. The van der Waals surface area contributed by atoms with E-state index in [2.05, 4.69) is 52.5 Å². The summed E-state index contributed by atoms with van der Waals surface area (Å²) in [6, 6.07) is 2.66. The van der Waals surface area contributed by atoms with Gasteiger partial charge in [-0.1, -0.05) is 50.6 Å². The van der Waals surface area contributed by atoms with Gasteiger partial charge in [-0.05, 0) is 61.4 Å². The Kier molecular flexibility index (Phi) is 23.5. The van der Waals surface area contributed by atoms with Crippen LogP contribution in [0.5, 0.6) is 5.75 Å². The van der Waals surface area contributed by atoms with Crippen LogP contribution < -0.4 is 59.7 Å². The molecule has 0 bridgehead atoms. The molecule has 398 valence electrons. The zero-order chi connectivity index (χ0) is 54.4. The molecule has 2 aromatic carbocycles. The van der Waals surface area contributed by atoms with E-state index in [4.69, 9.17) is 17.2 Å². The fourth-order valence-corrected chi connectivity index (χ4v) is 7.02. The quantitative estimate of drug-likeness (QED) is 0.0171. The number of carbonyl (C=O) groups excluding carboxylic acids is 8. The third-order valence-electron chi connectivity index (χ3n) is 11.3. The number of aliphatic hydroxyl groups is 1. The van der Waals surface area contributed by atoms with Gasteiger partial charge in [0, 0.05) is 30.1 Å². The Hall–Kier alpha value is -8.33. The molecule has 0 unspecified atom stereocenters. The zero-order valence-corrected chi connectivity index (χ0v) is 40.4. The van der Waals surface area contributed by atoms with Crippen LogP contribution >= 0.6 is 0 Å². The molecule has 0 fully saturated rings. The highest BCUT2D eigenvalue weighted by Crippen LogP contribution is 2.20. The number of nitrogens with one attached hydrogen (secondary N) is 9. The van der Waals surface area contributed by atoms with Crippen LogP contribution in [0.1, 0.15) is 57.6 Å². The Balaban J connectivity index is 1.72. The van der Waals surface area contributed by atoms with Crippen molar-refractivity contribution in [3.8, 4) is 5.75 Å². The normalized spacial score (nSPS) is 14.2. The summed E-state index contributed by atoms with van der Waals surface area (Å²) in [6.45, 7) is 2.30. The van der Waals surface area contributed by atoms with Gasteiger partial charge >= 0.3 is 11.9 Å². The number of hydrogen-bond donors (Lipinski definition) is 16. The molecule has 0 aliphatic heterocycles. The van der Waals surface area contributed by atoms with Gasteiger partial charge in [0.25, 0.3) is 0 Å². The molecule has 27 heteroatoms. The molecule has 1 heterocycles. The van der Waals surface area contributed by atoms with Gasteiger partial charge in [-0.3, -0.25) is 48.1 Å². The number of phenolic OH excluding ortho intramolecular Hbond substituents is 1. The predicted octanol–water partition coefficient (Wildman–Crippen LogP) is -4.20. The summed E-state index contributed by atoms with van der Waals surface area (Å²) in [5.41, 5.74) is 18.3. The minimum atomic E-state index is -1.83. The second-order valence-corrected chi connectivity index (χ2v) is 17.0. The largest absolute Gasteiger partial charge is 0.508 e. The number of aromatic nitrogens is 1. The highest BCUT2D eigenvalue weighted by atomic mass is 16.4. The van der Waals surface area contributed by atoms with Crippen molar-refractivity contribution in [2.45, 2.75) is 102 Å². The smallest absolute Gasteiger partial charge is 0.326 e. The number of nitrogens with two attached hydrogens (primary N) is 3. The summed E-state index contributed by atoms with van der Waals surface area (Å²) in [5, 5.41) is 58.2. The number of aliphatic carboxylic acids is 2. The lowest BCUT2D eigenvalue weighted by Gasteiger charge is -2.27. The van der Waals surface area contributed by atoms with Gasteiger partial charge in [0.15, 0.2) is 5.96 Å². The van der Waals surface area contributed by atoms with Gasteiger partial charge in [0.1, 0.15) is 42.0 Å². The van der Waals surface area contributed by atoms with Crippen LogP contribution in [0.15, 0.2) is 59.7 Å². The molecule has 0 saturated heterocycles. The fraction of sp³-hybridized carbons (Fsp3) is 0.457. The molecule has 3 rings (SSSR count). The number of aliphatic imine (C=N–C) groups is 1. The maximum absolute atomic E-state index is 14.0. The van der Waals surface area contributed by atoms with Crippen molar-refractivity contribution < 1.29 is 68.4 Å². The summed E-state index contributed by atoms with van der Waals surface area (Å²) in [6.07, 6.45) is 0.880. The first-order valence-corrected chi connectivity index (χ1v) is 23.1.